The molecule has 1 fully saturated rings. The van der Waals surface area contributed by atoms with Crippen molar-refractivity contribution in [2.75, 3.05) is 6.61 Å². The lowest BCUT2D eigenvalue weighted by atomic mass is 10.1. The average Bonchev–Trinajstić information content (AvgIpc) is 2.95. The van der Waals surface area contributed by atoms with E-state index in [2.05, 4.69) is 13.0 Å². The Morgan fingerprint density at radius 1 is 1.36 bits per heavy atom. The topological polar surface area (TPSA) is 35.2 Å². The van der Waals surface area contributed by atoms with Crippen LogP contribution in [0.2, 0.25) is 0 Å². The molecule has 0 amide bonds. The van der Waals surface area contributed by atoms with E-state index in [0.717, 1.165) is 25.0 Å². The predicted molar refractivity (Wildman–Crippen MR) is 57.5 cm³/mol. The second kappa shape index (κ2) is 3.62. The van der Waals surface area contributed by atoms with Gasteiger partial charge in [0.05, 0.1) is 5.54 Å². The number of rotatable bonds is 4. The molecule has 2 N–H and O–H groups in total. The monoisotopic (exact) mass is 191 g/mol. The summed E-state index contributed by atoms with van der Waals surface area (Å²) in [6.45, 7) is 2.79. The quantitative estimate of drug-likeness (QED) is 0.791. The van der Waals surface area contributed by atoms with E-state index in [0.29, 0.717) is 6.61 Å². The predicted octanol–water partition coefficient (Wildman–Crippen LogP) is 2.12. The van der Waals surface area contributed by atoms with Crippen LogP contribution in [0.25, 0.3) is 0 Å². The highest BCUT2D eigenvalue weighted by Gasteiger charge is 2.39. The number of ether oxygens (including phenoxy) is 1. The van der Waals surface area contributed by atoms with Gasteiger partial charge in [0.1, 0.15) is 12.4 Å². The molecule has 0 unspecified atom stereocenters. The zero-order valence-electron chi connectivity index (χ0n) is 8.62. The smallest absolute Gasteiger partial charge is 0.122 e. The average molecular weight is 191 g/mol. The summed E-state index contributed by atoms with van der Waals surface area (Å²) in [5.74, 6) is 0.992. The van der Waals surface area contributed by atoms with Gasteiger partial charge in [0.15, 0.2) is 0 Å². The Hall–Kier alpha value is -1.02. The molecule has 0 aromatic heterocycles. The van der Waals surface area contributed by atoms with E-state index in [-0.39, 0.29) is 5.54 Å². The molecule has 14 heavy (non-hydrogen) atoms. The summed E-state index contributed by atoms with van der Waals surface area (Å²) in [5, 5.41) is 0. The van der Waals surface area contributed by atoms with Crippen molar-refractivity contribution in [3.05, 3.63) is 29.8 Å². The van der Waals surface area contributed by atoms with Crippen LogP contribution in [0, 0.1) is 0 Å². The lowest BCUT2D eigenvalue weighted by Crippen LogP contribution is -2.29. The third kappa shape index (κ3) is 2.07. The Bertz CT molecular complexity index is 318. The van der Waals surface area contributed by atoms with Crippen molar-refractivity contribution in [3.63, 3.8) is 0 Å². The minimum absolute atomic E-state index is 0.0269. The van der Waals surface area contributed by atoms with Gasteiger partial charge in [-0.15, -0.1) is 0 Å². The highest BCUT2D eigenvalue weighted by atomic mass is 16.5. The van der Waals surface area contributed by atoms with Gasteiger partial charge >= 0.3 is 0 Å². The molecular formula is C12H17NO. The minimum Gasteiger partial charge on any atom is -0.491 e. The summed E-state index contributed by atoms with van der Waals surface area (Å²) in [5.41, 5.74) is 7.19. The third-order valence-electron chi connectivity index (χ3n) is 2.76. The summed E-state index contributed by atoms with van der Waals surface area (Å²) in [7, 11) is 0. The fraction of sp³-hybridized carbons (Fsp3) is 0.500. The van der Waals surface area contributed by atoms with Crippen molar-refractivity contribution in [2.24, 2.45) is 5.73 Å². The van der Waals surface area contributed by atoms with Gasteiger partial charge in [0, 0.05) is 0 Å². The van der Waals surface area contributed by atoms with Crippen molar-refractivity contribution in [1.29, 1.82) is 0 Å². The minimum atomic E-state index is -0.0269. The van der Waals surface area contributed by atoms with Crippen LogP contribution >= 0.6 is 0 Å². The summed E-state index contributed by atoms with van der Waals surface area (Å²) in [6.07, 6.45) is 3.20. The van der Waals surface area contributed by atoms with Gasteiger partial charge in [0.25, 0.3) is 0 Å². The van der Waals surface area contributed by atoms with Crippen LogP contribution in [0.5, 0.6) is 5.75 Å². The van der Waals surface area contributed by atoms with E-state index >= 15 is 0 Å². The highest BCUT2D eigenvalue weighted by molar-refractivity contribution is 5.33. The van der Waals surface area contributed by atoms with E-state index in [9.17, 15) is 0 Å². The van der Waals surface area contributed by atoms with Gasteiger partial charge in [-0.2, -0.15) is 0 Å². The van der Waals surface area contributed by atoms with Crippen LogP contribution in [0.1, 0.15) is 25.3 Å². The fourth-order valence-corrected chi connectivity index (χ4v) is 1.46. The molecule has 0 spiro atoms. The molecule has 1 aliphatic rings. The molecule has 2 heteroatoms. The lowest BCUT2D eigenvalue weighted by Gasteiger charge is -2.13. The largest absolute Gasteiger partial charge is 0.491 e. The van der Waals surface area contributed by atoms with Gasteiger partial charge in [-0.05, 0) is 30.9 Å². The van der Waals surface area contributed by atoms with Crippen LogP contribution in [-0.4, -0.2) is 12.1 Å². The van der Waals surface area contributed by atoms with Crippen molar-refractivity contribution < 1.29 is 4.74 Å². The fourth-order valence-electron chi connectivity index (χ4n) is 1.46. The van der Waals surface area contributed by atoms with Crippen LogP contribution < -0.4 is 10.5 Å². The standard InChI is InChI=1S/C12H17NO/c1-2-10-5-3-4-6-11(10)14-9-12(13)7-8-12/h3-6H,2,7-9,13H2,1H3. The van der Waals surface area contributed by atoms with Crippen molar-refractivity contribution >= 4 is 0 Å². The molecule has 0 aliphatic heterocycles. The number of benzene rings is 1. The molecule has 0 heterocycles. The van der Waals surface area contributed by atoms with E-state index in [1.807, 2.05) is 18.2 Å². The molecule has 76 valence electrons. The molecule has 1 aromatic rings. The summed E-state index contributed by atoms with van der Waals surface area (Å²) in [6, 6.07) is 8.17. The molecule has 0 radical (unpaired) electrons. The first-order valence-electron chi connectivity index (χ1n) is 5.23. The first-order chi connectivity index (χ1) is 6.73. The van der Waals surface area contributed by atoms with Crippen molar-refractivity contribution in [1.82, 2.24) is 0 Å². The van der Waals surface area contributed by atoms with E-state index in [1.165, 1.54) is 5.56 Å². The maximum absolute atomic E-state index is 5.96. The Balaban J connectivity index is 2.00. The summed E-state index contributed by atoms with van der Waals surface area (Å²) >= 11 is 0. The molecule has 1 aromatic carbocycles. The molecule has 1 saturated carbocycles. The van der Waals surface area contributed by atoms with E-state index in [4.69, 9.17) is 10.5 Å². The van der Waals surface area contributed by atoms with E-state index < -0.39 is 0 Å². The zero-order chi connectivity index (χ0) is 10.0. The molecule has 0 saturated heterocycles. The third-order valence-corrected chi connectivity index (χ3v) is 2.76. The number of hydrogen-bond acceptors (Lipinski definition) is 2. The number of para-hydroxylation sites is 1. The Morgan fingerprint density at radius 3 is 2.71 bits per heavy atom. The van der Waals surface area contributed by atoms with Gasteiger partial charge in [-0.3, -0.25) is 0 Å². The van der Waals surface area contributed by atoms with Gasteiger partial charge < -0.3 is 10.5 Å². The molecule has 2 nitrogen and oxygen atoms in total. The Labute approximate surface area is 85.1 Å². The first kappa shape index (κ1) is 9.53. The molecular weight excluding hydrogens is 174 g/mol. The highest BCUT2D eigenvalue weighted by Crippen LogP contribution is 2.33. The molecule has 1 aliphatic carbocycles. The number of nitrogens with two attached hydrogens (primary N) is 1. The SMILES string of the molecule is CCc1ccccc1OCC1(N)CC1. The second-order valence-corrected chi connectivity index (χ2v) is 4.11. The normalized spacial score (nSPS) is 17.9. The van der Waals surface area contributed by atoms with Crippen molar-refractivity contribution in [2.45, 2.75) is 31.7 Å². The van der Waals surface area contributed by atoms with Gasteiger partial charge in [-0.1, -0.05) is 25.1 Å². The maximum atomic E-state index is 5.96. The molecule has 0 bridgehead atoms. The zero-order valence-corrected chi connectivity index (χ0v) is 8.62. The number of hydrogen-bond donors (Lipinski definition) is 1. The number of aryl methyl sites for hydroxylation is 1. The molecule has 2 rings (SSSR count). The Morgan fingerprint density at radius 2 is 2.07 bits per heavy atom. The molecule has 0 atom stereocenters. The Kier molecular flexibility index (Phi) is 2.46. The first-order valence-corrected chi connectivity index (χ1v) is 5.23. The van der Waals surface area contributed by atoms with Crippen LogP contribution in [-0.2, 0) is 6.42 Å². The van der Waals surface area contributed by atoms with Crippen LogP contribution in [0.4, 0.5) is 0 Å². The van der Waals surface area contributed by atoms with Gasteiger partial charge in [0.2, 0.25) is 0 Å². The van der Waals surface area contributed by atoms with Crippen LogP contribution in [0.3, 0.4) is 0 Å². The van der Waals surface area contributed by atoms with Crippen LogP contribution in [0.15, 0.2) is 24.3 Å². The summed E-state index contributed by atoms with van der Waals surface area (Å²) < 4.78 is 5.73. The summed E-state index contributed by atoms with van der Waals surface area (Å²) in [4.78, 5) is 0. The lowest BCUT2D eigenvalue weighted by molar-refractivity contribution is 0.277. The van der Waals surface area contributed by atoms with E-state index in [1.54, 1.807) is 0 Å². The maximum Gasteiger partial charge on any atom is 0.122 e. The second-order valence-electron chi connectivity index (χ2n) is 4.11. The van der Waals surface area contributed by atoms with Crippen molar-refractivity contribution in [3.8, 4) is 5.75 Å². The van der Waals surface area contributed by atoms with Gasteiger partial charge in [-0.25, -0.2) is 0 Å².